The zero-order chi connectivity index (χ0) is 112. The molecule has 11 N–H and O–H groups in total. The molecule has 0 spiro atoms. The molecule has 69 heteroatoms. The van der Waals surface area contributed by atoms with E-state index in [0.29, 0.717) is 12.7 Å². The van der Waals surface area contributed by atoms with E-state index in [1.165, 1.54) is 93.8 Å². The third-order valence-electron chi connectivity index (χ3n) is 14.4. The highest BCUT2D eigenvalue weighted by molar-refractivity contribution is 7.88. The fourth-order valence-corrected chi connectivity index (χ4v) is 13.7. The van der Waals surface area contributed by atoms with Crippen LogP contribution in [-0.4, -0.2) is 227 Å². The number of carbonyl (C=O) groups is 1. The zero-order valence-electron chi connectivity index (χ0n) is 71.5. The van der Waals surface area contributed by atoms with Gasteiger partial charge in [-0.1, -0.05) is 191 Å². The largest absolute Gasteiger partial charge is 0.437 e. The van der Waals surface area contributed by atoms with E-state index in [4.69, 9.17) is 96.0 Å². The van der Waals surface area contributed by atoms with Crippen molar-refractivity contribution in [3.8, 4) is 11.1 Å². The van der Waals surface area contributed by atoms with Crippen molar-refractivity contribution in [1.29, 1.82) is 0 Å². The van der Waals surface area contributed by atoms with Gasteiger partial charge in [-0.25, -0.2) is 30.7 Å². The Morgan fingerprint density at radius 1 is 0.383 bits per heavy atom. The Morgan fingerprint density at radius 3 is 0.929 bits per heavy atom. The Bertz CT molecular complexity index is 7150. The van der Waals surface area contributed by atoms with Gasteiger partial charge in [-0.3, -0.25) is 50.3 Å². The molecule has 0 atom stereocenters. The molecule has 9 rings (SSSR count). The predicted molar refractivity (Wildman–Crippen MR) is 475 cm³/mol. The lowest BCUT2D eigenvalue weighted by Gasteiger charge is -2.23. The summed E-state index contributed by atoms with van der Waals surface area (Å²) in [7, 11) is -56.4. The Labute approximate surface area is 804 Å². The quantitative estimate of drug-likeness (QED) is 0.00750. The number of nitrogens with one attached hydrogen (secondary N) is 1. The first kappa shape index (κ1) is 139. The molecule has 0 bridgehead atoms. The summed E-state index contributed by atoms with van der Waals surface area (Å²) in [6.07, 6.45) is 4.58. The summed E-state index contributed by atoms with van der Waals surface area (Å²) in [5.74, 6) is -19.8. The van der Waals surface area contributed by atoms with Crippen molar-refractivity contribution in [1.82, 2.24) is 5.32 Å². The number of benzene rings is 9. The number of rotatable bonds is 22. The molecule has 0 aliphatic heterocycles. The molecule has 0 heterocycles. The molecule has 9 aromatic rings. The Morgan fingerprint density at radius 2 is 0.660 bits per heavy atom. The normalized spacial score (nSPS) is 11.3. The number of aryl methyl sites for hydroxylation is 1. The molecule has 9 aromatic carbocycles. The van der Waals surface area contributed by atoms with Crippen LogP contribution in [0, 0.1) is 36.0 Å². The van der Waals surface area contributed by atoms with Gasteiger partial charge in [-0.05, 0) is 132 Å². The van der Waals surface area contributed by atoms with E-state index in [-0.39, 0.29) is 30.2 Å². The van der Waals surface area contributed by atoms with Crippen LogP contribution in [0.25, 0.3) is 38.7 Å². The molecule has 44 nitrogen and oxygen atoms in total. The number of hydrogen-bond donors (Lipinski definition) is 11. The smallest absolute Gasteiger partial charge is 0.347 e. The summed E-state index contributed by atoms with van der Waals surface area (Å²) in [4.78, 5) is 8.14. The molecule has 792 valence electrons. The van der Waals surface area contributed by atoms with E-state index in [2.05, 4.69) is 25.4 Å². The Hall–Kier alpha value is -10.7. The molecular weight excluding hydrogens is 2220 g/mol. The van der Waals surface area contributed by atoms with Crippen molar-refractivity contribution in [3.05, 3.63) is 248 Å². The molecule has 1 amide bonds. The zero-order valence-corrected chi connectivity index (χ0v) is 82.9. The second kappa shape index (κ2) is 62.6. The monoisotopic (exact) mass is 2300 g/mol. The Kier molecular flexibility index (Phi) is 61.6. The van der Waals surface area contributed by atoms with Gasteiger partial charge in [0.2, 0.25) is 11.7 Å². The van der Waals surface area contributed by atoms with Crippen LogP contribution < -0.4 is 5.32 Å². The van der Waals surface area contributed by atoms with Gasteiger partial charge < -0.3 is 5.32 Å². The second-order valence-corrected chi connectivity index (χ2v) is 42.1. The fourth-order valence-electron chi connectivity index (χ4n) is 8.64. The molecule has 0 radical (unpaired) electrons. The lowest BCUT2D eigenvalue weighted by molar-refractivity contribution is -0.227. The third kappa shape index (κ3) is 65.1. The summed E-state index contributed by atoms with van der Waals surface area (Å²) < 4.78 is 524. The number of amides is 1. The van der Waals surface area contributed by atoms with Crippen molar-refractivity contribution in [2.45, 2.75) is 119 Å². The van der Waals surface area contributed by atoms with Gasteiger partial charge in [0.05, 0.1) is 47.8 Å². The molecule has 0 unspecified atom stereocenters. The van der Waals surface area contributed by atoms with Gasteiger partial charge in [0.1, 0.15) is 0 Å². The maximum Gasteiger partial charge on any atom is 0.437 e. The van der Waals surface area contributed by atoms with E-state index < -0.39 is 212 Å². The number of alkyl halides is 6. The predicted octanol–water partition coefficient (Wildman–Crippen LogP) is 10.3. The van der Waals surface area contributed by atoms with Crippen LogP contribution >= 0.6 is 0 Å². The van der Waals surface area contributed by atoms with Gasteiger partial charge in [0.25, 0.3) is 80.9 Å². The SMILES string of the molecule is C=CC(=O)NC(C)(C)CS(=O)(=O)O.C=Cc1ccc(S(=O)(=O)O)cc1.CCCCCCCCS(=O)(=O)O.CS(=O)(=O)O.Cc1ccc(S(=O)(=O)O)cc1.O=S(=O)(O)C(F)(F)C(F)(F)C(F)F.O=S(=O)(O)c1c(F)c(F)c(F)c(F)c1F.O=S(=O)(O)c1ccc(-c2ccccc2)cc1.O=S(=O)(O)c1ccc2ccccc2c1.O=S(=O)(O)c1ccc2ccccc2c1.O=S(=O)=O.O=S(=O)=O.O=S(=O)=O.O=S(=O)=O. The molecule has 0 fully saturated rings. The number of fused-ring (bicyclic) bond motifs is 2. The van der Waals surface area contributed by atoms with Crippen LogP contribution in [-0.2, 0) is 148 Å². The van der Waals surface area contributed by atoms with Crippen molar-refractivity contribution < 1.29 is 233 Å². The van der Waals surface area contributed by atoms with Gasteiger partial charge in [0.15, 0.2) is 28.2 Å². The first-order chi connectivity index (χ1) is 63.5. The number of unbranched alkanes of at least 4 members (excludes halogenated alkanes) is 5. The average Bonchev–Trinajstić information content (AvgIpc) is 0.769. The van der Waals surface area contributed by atoms with Crippen LogP contribution in [0.2, 0.25) is 0 Å². The lowest BCUT2D eigenvalue weighted by atomic mass is 10.1. The van der Waals surface area contributed by atoms with E-state index in [1.54, 1.807) is 66.7 Å². The van der Waals surface area contributed by atoms with E-state index in [1.807, 2.05) is 73.7 Å². The summed E-state index contributed by atoms with van der Waals surface area (Å²) in [6, 6.07) is 51.2. The van der Waals surface area contributed by atoms with E-state index in [0.717, 1.165) is 62.7 Å². The van der Waals surface area contributed by atoms with Crippen LogP contribution in [0.1, 0.15) is 70.4 Å². The number of carbonyl (C=O) groups excluding carboxylic acids is 1. The van der Waals surface area contributed by atoms with Crippen molar-refractivity contribution in [2.24, 2.45) is 0 Å². The third-order valence-corrected chi connectivity index (χ3v) is 22.4. The minimum absolute atomic E-state index is 0.0666. The lowest BCUT2D eigenvalue weighted by Crippen LogP contribution is -2.51. The molecule has 0 aliphatic carbocycles. The van der Waals surface area contributed by atoms with Crippen LogP contribution in [0.15, 0.2) is 237 Å². The van der Waals surface area contributed by atoms with Gasteiger partial charge in [0, 0.05) is 0 Å². The van der Waals surface area contributed by atoms with Crippen molar-refractivity contribution in [2.75, 3.05) is 17.8 Å². The molecule has 0 aromatic heterocycles. The highest BCUT2D eigenvalue weighted by Gasteiger charge is 2.71. The molecule has 0 aliphatic rings. The number of halogens is 11. The maximum absolute atomic E-state index is 12.6. The molecule has 0 saturated heterocycles. The average molecular weight is 2310 g/mol. The Balaban J connectivity index is -0.000000480. The van der Waals surface area contributed by atoms with Crippen molar-refractivity contribution in [3.63, 3.8) is 0 Å². The molecule has 0 saturated carbocycles. The minimum Gasteiger partial charge on any atom is -0.347 e. The molecular formula is C72H80F11NO43S14. The second-order valence-electron chi connectivity index (χ2n) is 26.1. The van der Waals surface area contributed by atoms with Gasteiger partial charge >= 0.3 is 80.3 Å². The summed E-state index contributed by atoms with van der Waals surface area (Å²) in [6.45, 7) is 13.7. The minimum atomic E-state index is -6.57. The fraction of sp³-hybridized carbons (Fsp3) is 0.236. The topological polar surface area (TPSA) is 778 Å². The molecule has 141 heavy (non-hydrogen) atoms. The van der Waals surface area contributed by atoms with Gasteiger partial charge in [-0.2, -0.15) is 102 Å². The summed E-state index contributed by atoms with van der Waals surface area (Å²) in [5, 5.41) is -0.357. The first-order valence-corrected chi connectivity index (χ1v) is 54.8. The van der Waals surface area contributed by atoms with E-state index in [9.17, 15) is 137 Å². The summed E-state index contributed by atoms with van der Waals surface area (Å²) in [5.41, 5.74) is 2.68. The standard InChI is InChI=1S/C12H10O3S.2C10H8O3S.C8H8O3S.C8H18O3S.C7H13NO4S.C7H8O3S.C6HF5O3S.C3H2F6O3S.CH4O3S.4O3S/c13-16(14,15)12-8-6-11(7-9-12)10-4-2-1-3-5-10;2*11-14(12,13)10-6-5-8-3-1-2-4-9(8)7-10;1-2-7-3-5-8(6-4-7)12(9,10)11;1-2-3-4-5-6-7-8-12(9,10)11;1-4-6(9)8-7(2,3)5-13(10,11)12;1-6-2-4-7(5-3-6)11(8,9)10;7-1-2(8)4(10)6(15(12,13)14)5(11)3(1)9;4-1(5)2(6,7)3(8,9)13(10,11)12;1-5(2,3)4;4*1-4(2)3/h1-9H,(H,13,14,15);2*1-7H,(H,11,12,13);2-6H,1H2,(H,9,10,11);2-8H2,1H3,(H,9,10,11);4H,1,5H2,2-3H3,(H,8,9)(H,10,11,12);2-5H,1H3,(H,8,9,10);(H,12,13,14);1H,(H,10,11,12);1H3,(H,2,3,4);;;;. The summed E-state index contributed by atoms with van der Waals surface area (Å²) >= 11 is 0. The first-order valence-electron chi connectivity index (χ1n) is 35.7. The van der Waals surface area contributed by atoms with E-state index >= 15 is 0 Å². The maximum atomic E-state index is 12.6. The van der Waals surface area contributed by atoms with Crippen LogP contribution in [0.3, 0.4) is 0 Å². The van der Waals surface area contributed by atoms with Crippen LogP contribution in [0.4, 0.5) is 48.3 Å². The number of hydrogen-bond acceptors (Lipinski definition) is 33. The highest BCUT2D eigenvalue weighted by atomic mass is 32.3. The van der Waals surface area contributed by atoms with Gasteiger partial charge in [-0.15, -0.1) is 50.5 Å². The van der Waals surface area contributed by atoms with Crippen LogP contribution in [0.5, 0.6) is 0 Å². The highest BCUT2D eigenvalue weighted by Crippen LogP contribution is 2.42. The van der Waals surface area contributed by atoms with Crippen molar-refractivity contribution >= 4 is 177 Å².